The minimum atomic E-state index is 0.547. The summed E-state index contributed by atoms with van der Waals surface area (Å²) in [6.07, 6.45) is 5.72. The minimum Gasteiger partial charge on any atom is -0.367 e. The van der Waals surface area contributed by atoms with Gasteiger partial charge in [-0.05, 0) is 32.9 Å². The van der Waals surface area contributed by atoms with Crippen molar-refractivity contribution in [1.82, 2.24) is 14.9 Å². The first kappa shape index (κ1) is 10.4. The third kappa shape index (κ3) is 2.65. The molecule has 1 aliphatic heterocycles. The highest BCUT2D eigenvalue weighted by Gasteiger charge is 2.22. The van der Waals surface area contributed by atoms with Crippen LogP contribution in [0, 0.1) is 0 Å². The van der Waals surface area contributed by atoms with E-state index in [2.05, 4.69) is 34.2 Å². The molecule has 2 unspecified atom stereocenters. The molecule has 0 saturated carbocycles. The average Bonchev–Trinajstić information content (AvgIpc) is 2.25. The van der Waals surface area contributed by atoms with E-state index in [0.29, 0.717) is 12.1 Å². The van der Waals surface area contributed by atoms with Crippen molar-refractivity contribution in [3.05, 3.63) is 18.6 Å². The highest BCUT2D eigenvalue weighted by molar-refractivity contribution is 5.33. The summed E-state index contributed by atoms with van der Waals surface area (Å²) in [5.41, 5.74) is 0. The summed E-state index contributed by atoms with van der Waals surface area (Å²) in [6, 6.07) is 3.12. The highest BCUT2D eigenvalue weighted by Crippen LogP contribution is 2.18. The predicted molar refractivity (Wildman–Crippen MR) is 60.8 cm³/mol. The van der Waals surface area contributed by atoms with Crippen molar-refractivity contribution in [2.75, 3.05) is 18.9 Å². The van der Waals surface area contributed by atoms with Crippen LogP contribution in [0.1, 0.15) is 19.8 Å². The molecule has 0 aliphatic carbocycles. The van der Waals surface area contributed by atoms with Gasteiger partial charge in [-0.1, -0.05) is 0 Å². The number of rotatable bonds is 2. The highest BCUT2D eigenvalue weighted by atomic mass is 15.2. The Morgan fingerprint density at radius 3 is 3.07 bits per heavy atom. The lowest BCUT2D eigenvalue weighted by atomic mass is 9.99. The van der Waals surface area contributed by atoms with Crippen molar-refractivity contribution < 1.29 is 0 Å². The number of nitrogens with one attached hydrogen (secondary N) is 1. The van der Waals surface area contributed by atoms with Crippen LogP contribution in [-0.2, 0) is 0 Å². The van der Waals surface area contributed by atoms with Gasteiger partial charge in [-0.2, -0.15) is 0 Å². The van der Waals surface area contributed by atoms with Crippen molar-refractivity contribution in [3.63, 3.8) is 0 Å². The number of nitrogens with zero attached hydrogens (tertiary/aromatic N) is 3. The van der Waals surface area contributed by atoms with Crippen LogP contribution in [-0.4, -0.2) is 40.5 Å². The van der Waals surface area contributed by atoms with Gasteiger partial charge in [-0.3, -0.25) is 0 Å². The monoisotopic (exact) mass is 206 g/mol. The number of hydrogen-bond acceptors (Lipinski definition) is 4. The Balaban J connectivity index is 1.91. The molecule has 1 aliphatic rings. The van der Waals surface area contributed by atoms with Crippen LogP contribution in [0.25, 0.3) is 0 Å². The first-order valence-electron chi connectivity index (χ1n) is 5.48. The smallest absolute Gasteiger partial charge is 0.129 e. The Labute approximate surface area is 90.7 Å². The number of anilines is 1. The summed E-state index contributed by atoms with van der Waals surface area (Å²) in [5, 5.41) is 3.45. The topological polar surface area (TPSA) is 41.1 Å². The van der Waals surface area contributed by atoms with Gasteiger partial charge in [0.15, 0.2) is 0 Å². The van der Waals surface area contributed by atoms with Crippen molar-refractivity contribution in [1.29, 1.82) is 0 Å². The molecule has 0 radical (unpaired) electrons. The minimum absolute atomic E-state index is 0.547. The Morgan fingerprint density at radius 1 is 1.53 bits per heavy atom. The molecule has 0 spiro atoms. The Morgan fingerprint density at radius 2 is 2.40 bits per heavy atom. The first-order chi connectivity index (χ1) is 7.25. The van der Waals surface area contributed by atoms with Crippen molar-refractivity contribution in [3.8, 4) is 0 Å². The molecule has 2 atom stereocenters. The molecule has 2 heterocycles. The lowest BCUT2D eigenvalue weighted by Crippen LogP contribution is -2.42. The molecule has 4 heteroatoms. The van der Waals surface area contributed by atoms with E-state index in [0.717, 1.165) is 12.4 Å². The summed E-state index contributed by atoms with van der Waals surface area (Å²) in [6.45, 7) is 3.43. The normalized spacial score (nSPS) is 27.6. The second-order valence-corrected chi connectivity index (χ2v) is 4.29. The quantitative estimate of drug-likeness (QED) is 0.793. The van der Waals surface area contributed by atoms with E-state index >= 15 is 0 Å². The van der Waals surface area contributed by atoms with Gasteiger partial charge in [0, 0.05) is 24.8 Å². The summed E-state index contributed by atoms with van der Waals surface area (Å²) in [7, 11) is 2.19. The number of likely N-dealkylation sites (tertiary alicyclic amines) is 1. The standard InChI is InChI=1S/C11H18N4/c1-9-7-10(4-6-15(9)2)14-11-3-5-12-8-13-11/h3,5,8-10H,4,6-7H2,1-2H3,(H,12,13,14). The van der Waals surface area contributed by atoms with Gasteiger partial charge in [0.1, 0.15) is 12.1 Å². The molecule has 1 saturated heterocycles. The molecule has 0 aromatic carbocycles. The zero-order valence-corrected chi connectivity index (χ0v) is 9.35. The molecule has 82 valence electrons. The molecular weight excluding hydrogens is 188 g/mol. The summed E-state index contributed by atoms with van der Waals surface area (Å²) in [4.78, 5) is 10.5. The average molecular weight is 206 g/mol. The SMILES string of the molecule is CC1CC(Nc2ccncn2)CCN1C. The van der Waals surface area contributed by atoms with Crippen LogP contribution in [0.3, 0.4) is 0 Å². The van der Waals surface area contributed by atoms with Gasteiger partial charge in [0.25, 0.3) is 0 Å². The molecule has 1 aromatic rings. The van der Waals surface area contributed by atoms with E-state index in [4.69, 9.17) is 0 Å². The molecular formula is C11H18N4. The molecule has 1 fully saturated rings. The zero-order valence-electron chi connectivity index (χ0n) is 9.35. The fourth-order valence-corrected chi connectivity index (χ4v) is 2.01. The van der Waals surface area contributed by atoms with Gasteiger partial charge < -0.3 is 10.2 Å². The second-order valence-electron chi connectivity index (χ2n) is 4.29. The lowest BCUT2D eigenvalue weighted by Gasteiger charge is -2.35. The van der Waals surface area contributed by atoms with Gasteiger partial charge in [-0.25, -0.2) is 9.97 Å². The van der Waals surface area contributed by atoms with Crippen LogP contribution >= 0.6 is 0 Å². The van der Waals surface area contributed by atoms with Crippen LogP contribution in [0.4, 0.5) is 5.82 Å². The van der Waals surface area contributed by atoms with E-state index in [1.807, 2.05) is 6.07 Å². The molecule has 0 amide bonds. The van der Waals surface area contributed by atoms with Gasteiger partial charge in [0.2, 0.25) is 0 Å². The molecule has 1 aromatic heterocycles. The van der Waals surface area contributed by atoms with Crippen LogP contribution in [0.15, 0.2) is 18.6 Å². The number of aromatic nitrogens is 2. The maximum absolute atomic E-state index is 4.18. The summed E-state index contributed by atoms with van der Waals surface area (Å²) in [5.74, 6) is 0.937. The second kappa shape index (κ2) is 4.57. The number of piperidine rings is 1. The molecule has 0 bridgehead atoms. The van der Waals surface area contributed by atoms with E-state index in [9.17, 15) is 0 Å². The third-order valence-corrected chi connectivity index (χ3v) is 3.14. The van der Waals surface area contributed by atoms with E-state index in [-0.39, 0.29) is 0 Å². The fourth-order valence-electron chi connectivity index (χ4n) is 2.01. The van der Waals surface area contributed by atoms with E-state index in [1.165, 1.54) is 12.8 Å². The molecule has 15 heavy (non-hydrogen) atoms. The van der Waals surface area contributed by atoms with Gasteiger partial charge in [0.05, 0.1) is 0 Å². The third-order valence-electron chi connectivity index (χ3n) is 3.14. The fraction of sp³-hybridized carbons (Fsp3) is 0.636. The largest absolute Gasteiger partial charge is 0.367 e. The lowest BCUT2D eigenvalue weighted by molar-refractivity contribution is 0.190. The van der Waals surface area contributed by atoms with Crippen molar-refractivity contribution >= 4 is 5.82 Å². The summed E-state index contributed by atoms with van der Waals surface area (Å²) >= 11 is 0. The Bertz CT molecular complexity index is 301. The first-order valence-corrected chi connectivity index (χ1v) is 5.48. The Kier molecular flexibility index (Phi) is 3.16. The maximum atomic E-state index is 4.18. The van der Waals surface area contributed by atoms with Crippen molar-refractivity contribution in [2.24, 2.45) is 0 Å². The molecule has 2 rings (SSSR count). The zero-order chi connectivity index (χ0) is 10.7. The van der Waals surface area contributed by atoms with Crippen LogP contribution < -0.4 is 5.32 Å². The molecule has 4 nitrogen and oxygen atoms in total. The predicted octanol–water partition coefficient (Wildman–Crippen LogP) is 1.37. The number of hydrogen-bond donors (Lipinski definition) is 1. The van der Waals surface area contributed by atoms with Crippen LogP contribution in [0.5, 0.6) is 0 Å². The van der Waals surface area contributed by atoms with Gasteiger partial charge >= 0.3 is 0 Å². The van der Waals surface area contributed by atoms with E-state index < -0.39 is 0 Å². The van der Waals surface area contributed by atoms with Gasteiger partial charge in [-0.15, -0.1) is 0 Å². The van der Waals surface area contributed by atoms with Crippen molar-refractivity contribution in [2.45, 2.75) is 31.8 Å². The van der Waals surface area contributed by atoms with Crippen LogP contribution in [0.2, 0.25) is 0 Å². The van der Waals surface area contributed by atoms with E-state index in [1.54, 1.807) is 12.5 Å². The summed E-state index contributed by atoms with van der Waals surface area (Å²) < 4.78 is 0. The maximum Gasteiger partial charge on any atom is 0.129 e. The molecule has 1 N–H and O–H groups in total. The Hall–Kier alpha value is -1.16.